The molecule has 0 radical (unpaired) electrons. The van der Waals surface area contributed by atoms with Crippen LogP contribution in [0.1, 0.15) is 87.8 Å². The molecule has 6 heteroatoms. The Bertz CT molecular complexity index is 964. The number of fused-ring (bicyclic) bond motifs is 5. The Labute approximate surface area is 185 Å². The standard InChI is InChI=1S/C24H33N5S/c1-16(2)24(30)13-11-18(12-14-24)22-23-25-26-27-29(23)21-17(3)8-7-9-19(21)20-10-5-4-6-15-28(20)22/h7-9,11,16,20,22,30H,4-6,10,12-15H2,1-3H3. The zero-order valence-corrected chi connectivity index (χ0v) is 19.3. The minimum Gasteiger partial charge on any atom is -0.283 e. The molecule has 0 amide bonds. The van der Waals surface area contributed by atoms with E-state index >= 15 is 0 Å². The van der Waals surface area contributed by atoms with Crippen molar-refractivity contribution in [3.63, 3.8) is 0 Å². The van der Waals surface area contributed by atoms with Gasteiger partial charge in [0.2, 0.25) is 0 Å². The summed E-state index contributed by atoms with van der Waals surface area (Å²) in [5.41, 5.74) is 5.31. The number of hydrogen-bond acceptors (Lipinski definition) is 5. The number of para-hydroxylation sites is 1. The van der Waals surface area contributed by atoms with Gasteiger partial charge in [0.25, 0.3) is 0 Å². The van der Waals surface area contributed by atoms with Crippen molar-refractivity contribution < 1.29 is 0 Å². The highest BCUT2D eigenvalue weighted by Gasteiger charge is 2.42. The summed E-state index contributed by atoms with van der Waals surface area (Å²) in [5, 5.41) is 13.2. The van der Waals surface area contributed by atoms with Crippen molar-refractivity contribution in [2.45, 2.75) is 82.5 Å². The van der Waals surface area contributed by atoms with Crippen LogP contribution in [-0.2, 0) is 0 Å². The number of aryl methyl sites for hydroxylation is 1. The van der Waals surface area contributed by atoms with E-state index in [2.05, 4.69) is 65.5 Å². The van der Waals surface area contributed by atoms with Gasteiger partial charge in [-0.15, -0.1) is 5.10 Å². The van der Waals surface area contributed by atoms with Crippen molar-refractivity contribution >= 4 is 12.6 Å². The molecule has 0 saturated carbocycles. The van der Waals surface area contributed by atoms with Gasteiger partial charge < -0.3 is 0 Å². The second kappa shape index (κ2) is 7.79. The van der Waals surface area contributed by atoms with Gasteiger partial charge in [-0.3, -0.25) is 4.90 Å². The van der Waals surface area contributed by atoms with Gasteiger partial charge >= 0.3 is 0 Å². The lowest BCUT2D eigenvalue weighted by Crippen LogP contribution is -2.37. The molecule has 1 aromatic heterocycles. The lowest BCUT2D eigenvalue weighted by Gasteiger charge is -2.40. The average Bonchev–Trinajstić information content (AvgIpc) is 3.01. The molecule has 1 fully saturated rings. The first kappa shape index (κ1) is 20.3. The summed E-state index contributed by atoms with van der Waals surface area (Å²) < 4.78 is 2.13. The molecule has 1 aromatic carbocycles. The molecule has 3 atom stereocenters. The zero-order valence-electron chi connectivity index (χ0n) is 18.4. The first-order chi connectivity index (χ1) is 14.5. The highest BCUT2D eigenvalue weighted by Crippen LogP contribution is 2.48. The molecule has 30 heavy (non-hydrogen) atoms. The van der Waals surface area contributed by atoms with Gasteiger partial charge in [-0.05, 0) is 78.6 Å². The predicted molar refractivity (Wildman–Crippen MR) is 123 cm³/mol. The lowest BCUT2D eigenvalue weighted by atomic mass is 9.79. The van der Waals surface area contributed by atoms with Crippen LogP contribution >= 0.6 is 12.6 Å². The van der Waals surface area contributed by atoms with Crippen LogP contribution in [0.25, 0.3) is 5.69 Å². The van der Waals surface area contributed by atoms with Crippen molar-refractivity contribution in [3.05, 3.63) is 46.8 Å². The topological polar surface area (TPSA) is 46.8 Å². The third kappa shape index (κ3) is 3.23. The Balaban J connectivity index is 1.65. The quantitative estimate of drug-likeness (QED) is 0.520. The lowest BCUT2D eigenvalue weighted by molar-refractivity contribution is 0.149. The summed E-state index contributed by atoms with van der Waals surface area (Å²) in [6, 6.07) is 7.24. The molecule has 1 aliphatic carbocycles. The van der Waals surface area contributed by atoms with Gasteiger partial charge in [0.15, 0.2) is 5.82 Å². The summed E-state index contributed by atoms with van der Waals surface area (Å²) >= 11 is 5.07. The van der Waals surface area contributed by atoms with Crippen LogP contribution in [0.15, 0.2) is 29.8 Å². The van der Waals surface area contributed by atoms with Crippen LogP contribution in [0.2, 0.25) is 0 Å². The average molecular weight is 424 g/mol. The maximum absolute atomic E-state index is 5.07. The summed E-state index contributed by atoms with van der Waals surface area (Å²) in [4.78, 5) is 2.72. The third-order valence-electron chi connectivity index (χ3n) is 7.69. The van der Waals surface area contributed by atoms with E-state index in [1.54, 1.807) is 0 Å². The van der Waals surface area contributed by atoms with Crippen molar-refractivity contribution in [2.24, 2.45) is 5.92 Å². The van der Waals surface area contributed by atoms with E-state index in [9.17, 15) is 0 Å². The summed E-state index contributed by atoms with van der Waals surface area (Å²) in [6.07, 6.45) is 10.7. The summed E-state index contributed by atoms with van der Waals surface area (Å²) in [6.45, 7) is 7.87. The molecule has 0 bridgehead atoms. The SMILES string of the molecule is Cc1cccc2c1-n1nnnc1C(C1=CCC(S)(C(C)C)CC1)N1CCCCCC21. The fourth-order valence-electron chi connectivity index (χ4n) is 5.71. The van der Waals surface area contributed by atoms with E-state index in [0.717, 1.165) is 31.6 Å². The molecular formula is C24H33N5S. The second-order valence-electron chi connectivity index (χ2n) is 9.71. The van der Waals surface area contributed by atoms with Crippen LogP contribution in [0.4, 0.5) is 0 Å². The van der Waals surface area contributed by atoms with E-state index in [4.69, 9.17) is 12.6 Å². The number of aromatic nitrogens is 4. The number of thiol groups is 1. The number of tetrazole rings is 1. The van der Waals surface area contributed by atoms with Gasteiger partial charge in [0.1, 0.15) is 0 Å². The van der Waals surface area contributed by atoms with Crippen LogP contribution in [0, 0.1) is 12.8 Å². The number of hydrogen-bond donors (Lipinski definition) is 1. The van der Waals surface area contributed by atoms with Crippen LogP contribution in [0.3, 0.4) is 0 Å². The Morgan fingerprint density at radius 2 is 2.07 bits per heavy atom. The predicted octanol–water partition coefficient (Wildman–Crippen LogP) is 5.38. The largest absolute Gasteiger partial charge is 0.283 e. The second-order valence-corrected chi connectivity index (χ2v) is 10.6. The summed E-state index contributed by atoms with van der Waals surface area (Å²) in [7, 11) is 0. The zero-order chi connectivity index (χ0) is 20.9. The molecule has 0 spiro atoms. The van der Waals surface area contributed by atoms with Crippen molar-refractivity contribution in [2.75, 3.05) is 6.54 Å². The Hall–Kier alpha value is -1.66. The van der Waals surface area contributed by atoms with E-state index in [0.29, 0.717) is 12.0 Å². The smallest absolute Gasteiger partial charge is 0.178 e. The van der Waals surface area contributed by atoms with Gasteiger partial charge in [-0.25, -0.2) is 0 Å². The molecule has 5 nitrogen and oxygen atoms in total. The van der Waals surface area contributed by atoms with Gasteiger partial charge in [0.05, 0.1) is 11.7 Å². The van der Waals surface area contributed by atoms with Gasteiger partial charge in [0, 0.05) is 10.8 Å². The molecular weight excluding hydrogens is 390 g/mol. The molecule has 5 rings (SSSR count). The molecule has 2 aliphatic heterocycles. The molecule has 2 aromatic rings. The van der Waals surface area contributed by atoms with Crippen molar-refractivity contribution in [3.8, 4) is 5.69 Å². The minimum atomic E-state index is 0.0951. The molecule has 3 aliphatic rings. The Morgan fingerprint density at radius 3 is 2.83 bits per heavy atom. The highest BCUT2D eigenvalue weighted by atomic mass is 32.1. The normalized spacial score (nSPS) is 29.4. The number of allylic oxidation sites excluding steroid dienone is 1. The van der Waals surface area contributed by atoms with E-state index in [1.165, 1.54) is 48.1 Å². The van der Waals surface area contributed by atoms with Crippen molar-refractivity contribution in [1.29, 1.82) is 0 Å². The van der Waals surface area contributed by atoms with Crippen LogP contribution in [0.5, 0.6) is 0 Å². The molecule has 3 heterocycles. The first-order valence-electron chi connectivity index (χ1n) is 11.5. The van der Waals surface area contributed by atoms with Crippen LogP contribution < -0.4 is 0 Å². The first-order valence-corrected chi connectivity index (χ1v) is 12.0. The molecule has 1 saturated heterocycles. The van der Waals surface area contributed by atoms with Crippen molar-refractivity contribution in [1.82, 2.24) is 25.1 Å². The van der Waals surface area contributed by atoms with E-state index in [-0.39, 0.29) is 10.8 Å². The molecule has 3 unspecified atom stereocenters. The number of nitrogens with zero attached hydrogens (tertiary/aromatic N) is 5. The maximum Gasteiger partial charge on any atom is 0.178 e. The highest BCUT2D eigenvalue weighted by molar-refractivity contribution is 7.81. The maximum atomic E-state index is 5.07. The van der Waals surface area contributed by atoms with Gasteiger partial charge in [-0.2, -0.15) is 17.3 Å². The fraction of sp³-hybridized carbons (Fsp3) is 0.625. The summed E-state index contributed by atoms with van der Waals surface area (Å²) in [5.74, 6) is 1.55. The molecule has 0 N–H and O–H groups in total. The van der Waals surface area contributed by atoms with E-state index < -0.39 is 0 Å². The van der Waals surface area contributed by atoms with Gasteiger partial charge in [-0.1, -0.05) is 51.0 Å². The number of benzene rings is 1. The monoisotopic (exact) mass is 423 g/mol. The Kier molecular flexibility index (Phi) is 5.26. The third-order valence-corrected chi connectivity index (χ3v) is 8.62. The number of rotatable bonds is 2. The minimum absolute atomic E-state index is 0.0951. The van der Waals surface area contributed by atoms with Crippen LogP contribution in [-0.4, -0.2) is 36.4 Å². The molecule has 160 valence electrons. The van der Waals surface area contributed by atoms with E-state index in [1.807, 2.05) is 4.68 Å². The fourth-order valence-corrected chi connectivity index (χ4v) is 5.91. The Morgan fingerprint density at radius 1 is 1.20 bits per heavy atom.